The molecule has 1 heterocycles. The molecule has 1 atom stereocenters. The van der Waals surface area contributed by atoms with Crippen LogP contribution >= 0.6 is 11.3 Å². The Hall–Kier alpha value is -2.20. The number of para-hydroxylation sites is 1. The monoisotopic (exact) mass is 352 g/mol. The predicted molar refractivity (Wildman–Crippen MR) is 105 cm³/mol. The molecular formula is C21H24N2OS. The topological polar surface area (TPSA) is 33.2 Å². The summed E-state index contributed by atoms with van der Waals surface area (Å²) in [6.07, 6.45) is 0. The Bertz CT molecular complexity index is 857. The van der Waals surface area contributed by atoms with Gasteiger partial charge in [-0.3, -0.25) is 4.79 Å². The van der Waals surface area contributed by atoms with Gasteiger partial charge < -0.3 is 4.90 Å². The third kappa shape index (κ3) is 3.59. The van der Waals surface area contributed by atoms with Crippen molar-refractivity contribution in [2.24, 2.45) is 0 Å². The van der Waals surface area contributed by atoms with Crippen molar-refractivity contribution >= 4 is 27.5 Å². The smallest absolute Gasteiger partial charge is 0.254 e. The second-order valence-corrected chi connectivity index (χ2v) is 8.50. The lowest BCUT2D eigenvalue weighted by Crippen LogP contribution is -2.29. The number of aromatic nitrogens is 1. The molecule has 0 bridgehead atoms. The van der Waals surface area contributed by atoms with E-state index in [1.54, 1.807) is 16.2 Å². The van der Waals surface area contributed by atoms with Crippen molar-refractivity contribution in [3.05, 3.63) is 64.7 Å². The summed E-state index contributed by atoms with van der Waals surface area (Å²) in [5.41, 5.74) is 3.01. The van der Waals surface area contributed by atoms with Crippen molar-refractivity contribution in [1.82, 2.24) is 9.88 Å². The Morgan fingerprint density at radius 1 is 1.08 bits per heavy atom. The van der Waals surface area contributed by atoms with Crippen LogP contribution in [0.4, 0.5) is 0 Å². The first-order valence-corrected chi connectivity index (χ1v) is 9.32. The number of hydrogen-bond acceptors (Lipinski definition) is 3. The van der Waals surface area contributed by atoms with Gasteiger partial charge in [0.15, 0.2) is 0 Å². The molecule has 0 aliphatic heterocycles. The van der Waals surface area contributed by atoms with E-state index in [-0.39, 0.29) is 17.4 Å². The van der Waals surface area contributed by atoms with Crippen LogP contribution in [0, 0.1) is 0 Å². The van der Waals surface area contributed by atoms with E-state index in [0.29, 0.717) is 5.56 Å². The normalized spacial score (nSPS) is 13.0. The van der Waals surface area contributed by atoms with Crippen LogP contribution < -0.4 is 0 Å². The molecule has 0 unspecified atom stereocenters. The fourth-order valence-electron chi connectivity index (χ4n) is 2.73. The summed E-state index contributed by atoms with van der Waals surface area (Å²) in [7, 11) is 1.84. The van der Waals surface area contributed by atoms with Gasteiger partial charge in [-0.25, -0.2) is 4.98 Å². The highest BCUT2D eigenvalue weighted by molar-refractivity contribution is 7.18. The van der Waals surface area contributed by atoms with Crippen LogP contribution in [0.1, 0.15) is 54.7 Å². The van der Waals surface area contributed by atoms with E-state index < -0.39 is 0 Å². The highest BCUT2D eigenvalue weighted by atomic mass is 32.1. The lowest BCUT2D eigenvalue weighted by molar-refractivity contribution is 0.0742. The van der Waals surface area contributed by atoms with Gasteiger partial charge in [0.2, 0.25) is 0 Å². The van der Waals surface area contributed by atoms with Crippen LogP contribution in [0.15, 0.2) is 48.5 Å². The first kappa shape index (κ1) is 17.6. The van der Waals surface area contributed by atoms with Gasteiger partial charge in [0, 0.05) is 12.6 Å². The number of amides is 1. The van der Waals surface area contributed by atoms with Gasteiger partial charge >= 0.3 is 0 Å². The summed E-state index contributed by atoms with van der Waals surface area (Å²) in [5, 5.41) is 0.961. The molecule has 0 fully saturated rings. The van der Waals surface area contributed by atoms with Gasteiger partial charge in [0.25, 0.3) is 5.91 Å². The molecule has 0 aliphatic rings. The Balaban J connectivity index is 1.81. The number of carbonyl (C=O) groups is 1. The number of nitrogens with zero attached hydrogens (tertiary/aromatic N) is 2. The minimum absolute atomic E-state index is 0.0206. The molecule has 1 amide bonds. The summed E-state index contributed by atoms with van der Waals surface area (Å²) in [4.78, 5) is 19.3. The fourth-order valence-corrected chi connectivity index (χ4v) is 3.79. The maximum Gasteiger partial charge on any atom is 0.254 e. The van der Waals surface area contributed by atoms with Crippen molar-refractivity contribution in [3.63, 3.8) is 0 Å². The van der Waals surface area contributed by atoms with E-state index in [9.17, 15) is 4.79 Å². The molecule has 25 heavy (non-hydrogen) atoms. The van der Waals surface area contributed by atoms with Crippen LogP contribution in [0.25, 0.3) is 10.2 Å². The number of hydrogen-bond donors (Lipinski definition) is 0. The van der Waals surface area contributed by atoms with Crippen LogP contribution in [0.3, 0.4) is 0 Å². The van der Waals surface area contributed by atoms with Crippen molar-refractivity contribution in [2.75, 3.05) is 7.05 Å². The summed E-state index contributed by atoms with van der Waals surface area (Å²) in [6.45, 7) is 8.54. The molecule has 3 nitrogen and oxygen atoms in total. The van der Waals surface area contributed by atoms with E-state index in [1.165, 1.54) is 5.56 Å². The van der Waals surface area contributed by atoms with E-state index in [0.717, 1.165) is 15.2 Å². The second-order valence-electron chi connectivity index (χ2n) is 7.44. The van der Waals surface area contributed by atoms with Crippen LogP contribution in [-0.4, -0.2) is 22.8 Å². The van der Waals surface area contributed by atoms with E-state index in [1.807, 2.05) is 56.4 Å². The molecule has 0 radical (unpaired) electrons. The number of benzene rings is 2. The summed E-state index contributed by atoms with van der Waals surface area (Å²) >= 11 is 1.65. The molecule has 0 saturated heterocycles. The molecule has 0 N–H and O–H groups in total. The van der Waals surface area contributed by atoms with Crippen molar-refractivity contribution in [3.8, 4) is 0 Å². The molecule has 3 aromatic rings. The Morgan fingerprint density at radius 3 is 2.32 bits per heavy atom. The third-order valence-corrected chi connectivity index (χ3v) is 5.77. The first-order chi connectivity index (χ1) is 11.8. The second kappa shape index (κ2) is 6.60. The highest BCUT2D eigenvalue weighted by Gasteiger charge is 2.22. The third-order valence-electron chi connectivity index (χ3n) is 4.57. The van der Waals surface area contributed by atoms with Crippen LogP contribution in [-0.2, 0) is 5.41 Å². The maximum absolute atomic E-state index is 12.8. The van der Waals surface area contributed by atoms with Crippen molar-refractivity contribution in [2.45, 2.75) is 39.2 Å². The average molecular weight is 353 g/mol. The highest BCUT2D eigenvalue weighted by Crippen LogP contribution is 2.30. The van der Waals surface area contributed by atoms with E-state index in [4.69, 9.17) is 0 Å². The number of carbonyl (C=O) groups excluding carboxylic acids is 1. The molecular weight excluding hydrogens is 328 g/mol. The molecule has 4 heteroatoms. The number of rotatable bonds is 3. The van der Waals surface area contributed by atoms with Gasteiger partial charge in [0.1, 0.15) is 5.01 Å². The van der Waals surface area contributed by atoms with Gasteiger partial charge in [-0.1, -0.05) is 45.0 Å². The lowest BCUT2D eigenvalue weighted by Gasteiger charge is -2.24. The zero-order valence-electron chi connectivity index (χ0n) is 15.4. The molecule has 2 aromatic carbocycles. The number of fused-ring (bicyclic) bond motifs is 1. The van der Waals surface area contributed by atoms with Gasteiger partial charge in [-0.2, -0.15) is 0 Å². The minimum Gasteiger partial charge on any atom is -0.333 e. The molecule has 3 rings (SSSR count). The molecule has 130 valence electrons. The Morgan fingerprint density at radius 2 is 1.72 bits per heavy atom. The maximum atomic E-state index is 12.8. The molecule has 0 aliphatic carbocycles. The van der Waals surface area contributed by atoms with Gasteiger partial charge in [-0.05, 0) is 42.2 Å². The first-order valence-electron chi connectivity index (χ1n) is 8.50. The standard InChI is InChI=1S/C21H24N2OS/c1-14(19-22-17-8-6-7-9-18(17)25-19)23(5)20(24)15-10-12-16(13-11-15)21(2,3)4/h6-14H,1-5H3/t14-/m0/s1. The van der Waals surface area contributed by atoms with Crippen LogP contribution in [0.2, 0.25) is 0 Å². The quantitative estimate of drug-likeness (QED) is 0.630. The molecule has 1 aromatic heterocycles. The Labute approximate surface area is 153 Å². The summed E-state index contributed by atoms with van der Waals surface area (Å²) in [6, 6.07) is 15.9. The largest absolute Gasteiger partial charge is 0.333 e. The summed E-state index contributed by atoms with van der Waals surface area (Å²) in [5.74, 6) is 0.0206. The van der Waals surface area contributed by atoms with Crippen molar-refractivity contribution in [1.29, 1.82) is 0 Å². The zero-order chi connectivity index (χ0) is 18.2. The SMILES string of the molecule is C[C@@H](c1nc2ccccc2s1)N(C)C(=O)c1ccc(C(C)(C)C)cc1. The van der Waals surface area contributed by atoms with Crippen LogP contribution in [0.5, 0.6) is 0 Å². The Kier molecular flexibility index (Phi) is 4.65. The summed E-state index contributed by atoms with van der Waals surface area (Å²) < 4.78 is 1.15. The molecule has 0 saturated carbocycles. The number of thiazole rings is 1. The predicted octanol–water partition coefficient (Wildman–Crippen LogP) is 5.43. The van der Waals surface area contributed by atoms with Crippen molar-refractivity contribution < 1.29 is 4.79 Å². The minimum atomic E-state index is -0.0628. The van der Waals surface area contributed by atoms with E-state index in [2.05, 4.69) is 31.8 Å². The zero-order valence-corrected chi connectivity index (χ0v) is 16.2. The lowest BCUT2D eigenvalue weighted by atomic mass is 9.86. The van der Waals surface area contributed by atoms with E-state index >= 15 is 0 Å². The average Bonchev–Trinajstić information content (AvgIpc) is 3.03. The fraction of sp³-hybridized carbons (Fsp3) is 0.333. The van der Waals surface area contributed by atoms with Gasteiger partial charge in [-0.15, -0.1) is 11.3 Å². The van der Waals surface area contributed by atoms with Gasteiger partial charge in [0.05, 0.1) is 16.3 Å². The molecule has 0 spiro atoms.